The highest BCUT2D eigenvalue weighted by Crippen LogP contribution is 2.34. The molecular formula is C11H15N3O2S. The van der Waals surface area contributed by atoms with Crippen molar-refractivity contribution in [1.29, 1.82) is 0 Å². The second-order valence-corrected chi connectivity index (χ2v) is 5.45. The molecule has 0 aromatic carbocycles. The number of hydrogen-bond acceptors (Lipinski definition) is 4. The van der Waals surface area contributed by atoms with Crippen LogP contribution in [0.3, 0.4) is 0 Å². The highest BCUT2D eigenvalue weighted by atomic mass is 32.1. The zero-order valence-electron chi connectivity index (χ0n) is 9.39. The van der Waals surface area contributed by atoms with Crippen LogP contribution < -0.4 is 10.6 Å². The summed E-state index contributed by atoms with van der Waals surface area (Å²) in [5.74, 6) is 0. The molecule has 1 aromatic rings. The number of thiazole rings is 1. The fraction of sp³-hybridized carbons (Fsp3) is 0.636. The molecule has 3 heterocycles. The smallest absolute Gasteiger partial charge is 0.315 e. The van der Waals surface area contributed by atoms with E-state index in [-0.39, 0.29) is 18.2 Å². The standard InChI is InChI=1S/C11H15N3O2S/c15-11(13-6-10-12-3-4-17-10)14-8-5-7-1-2-9(8)16-7/h3-4,7-9H,1-2,5-6H2,(H2,13,14,15). The van der Waals surface area contributed by atoms with E-state index < -0.39 is 0 Å². The first kappa shape index (κ1) is 11.0. The van der Waals surface area contributed by atoms with Gasteiger partial charge in [-0.05, 0) is 19.3 Å². The van der Waals surface area contributed by atoms with Crippen molar-refractivity contribution >= 4 is 17.4 Å². The molecule has 2 aliphatic rings. The summed E-state index contributed by atoms with van der Waals surface area (Å²) < 4.78 is 5.68. The van der Waals surface area contributed by atoms with Gasteiger partial charge in [0.1, 0.15) is 5.01 Å². The Hall–Kier alpha value is -1.14. The Morgan fingerprint density at radius 1 is 1.59 bits per heavy atom. The van der Waals surface area contributed by atoms with Gasteiger partial charge in [-0.25, -0.2) is 9.78 Å². The number of nitrogens with one attached hydrogen (secondary N) is 2. The molecule has 1 aromatic heterocycles. The minimum atomic E-state index is -0.124. The molecule has 0 aliphatic carbocycles. The molecule has 2 fully saturated rings. The van der Waals surface area contributed by atoms with E-state index in [0.29, 0.717) is 12.6 Å². The van der Waals surface area contributed by atoms with E-state index in [9.17, 15) is 4.79 Å². The molecule has 2 bridgehead atoms. The monoisotopic (exact) mass is 253 g/mol. The predicted octanol–water partition coefficient (Wildman–Crippen LogP) is 1.26. The largest absolute Gasteiger partial charge is 0.373 e. The summed E-state index contributed by atoms with van der Waals surface area (Å²) >= 11 is 1.54. The van der Waals surface area contributed by atoms with Gasteiger partial charge in [0, 0.05) is 11.6 Å². The van der Waals surface area contributed by atoms with E-state index in [2.05, 4.69) is 15.6 Å². The van der Waals surface area contributed by atoms with Crippen molar-refractivity contribution in [2.45, 2.75) is 44.1 Å². The fourth-order valence-electron chi connectivity index (χ4n) is 2.51. The lowest BCUT2D eigenvalue weighted by Gasteiger charge is -2.20. The lowest BCUT2D eigenvalue weighted by molar-refractivity contribution is 0.0981. The van der Waals surface area contributed by atoms with Crippen molar-refractivity contribution in [2.24, 2.45) is 0 Å². The number of urea groups is 1. The Kier molecular flexibility index (Phi) is 2.98. The van der Waals surface area contributed by atoms with Gasteiger partial charge < -0.3 is 15.4 Å². The van der Waals surface area contributed by atoms with Crippen LogP contribution in [-0.4, -0.2) is 29.3 Å². The average molecular weight is 253 g/mol. The summed E-state index contributed by atoms with van der Waals surface area (Å²) in [4.78, 5) is 15.8. The Labute approximate surface area is 104 Å². The molecule has 3 rings (SSSR count). The molecule has 92 valence electrons. The molecule has 2 aliphatic heterocycles. The molecule has 0 radical (unpaired) electrons. The second kappa shape index (κ2) is 4.62. The minimum absolute atomic E-state index is 0.124. The maximum absolute atomic E-state index is 11.7. The van der Waals surface area contributed by atoms with E-state index >= 15 is 0 Å². The average Bonchev–Trinajstić information content (AvgIpc) is 3.03. The van der Waals surface area contributed by atoms with Gasteiger partial charge in [-0.2, -0.15) is 0 Å². The highest BCUT2D eigenvalue weighted by molar-refractivity contribution is 7.09. The first-order valence-electron chi connectivity index (χ1n) is 5.89. The Morgan fingerprint density at radius 3 is 3.18 bits per heavy atom. The third kappa shape index (κ3) is 2.42. The number of aromatic nitrogens is 1. The molecule has 2 amide bonds. The normalized spacial score (nSPS) is 30.5. The Balaban J connectivity index is 1.44. The molecule has 17 heavy (non-hydrogen) atoms. The van der Waals surface area contributed by atoms with Crippen LogP contribution in [0.5, 0.6) is 0 Å². The minimum Gasteiger partial charge on any atom is -0.373 e. The van der Waals surface area contributed by atoms with Crippen molar-refractivity contribution in [2.75, 3.05) is 0 Å². The summed E-state index contributed by atoms with van der Waals surface area (Å²) in [5, 5.41) is 8.61. The molecule has 5 nitrogen and oxygen atoms in total. The molecular weight excluding hydrogens is 238 g/mol. The third-order valence-corrected chi connectivity index (χ3v) is 4.09. The van der Waals surface area contributed by atoms with Crippen LogP contribution in [0.25, 0.3) is 0 Å². The molecule has 2 saturated heterocycles. The first-order chi connectivity index (χ1) is 8.31. The van der Waals surface area contributed by atoms with Crippen LogP contribution in [-0.2, 0) is 11.3 Å². The van der Waals surface area contributed by atoms with Crippen LogP contribution >= 0.6 is 11.3 Å². The van der Waals surface area contributed by atoms with Gasteiger partial charge in [-0.1, -0.05) is 0 Å². The summed E-state index contributed by atoms with van der Waals surface area (Å²) in [6.45, 7) is 0.491. The van der Waals surface area contributed by atoms with Crippen molar-refractivity contribution in [3.8, 4) is 0 Å². The van der Waals surface area contributed by atoms with E-state index in [1.165, 1.54) is 0 Å². The third-order valence-electron chi connectivity index (χ3n) is 3.31. The fourth-order valence-corrected chi connectivity index (χ4v) is 3.06. The highest BCUT2D eigenvalue weighted by Gasteiger charge is 2.41. The van der Waals surface area contributed by atoms with Crippen molar-refractivity contribution in [1.82, 2.24) is 15.6 Å². The van der Waals surface area contributed by atoms with Crippen molar-refractivity contribution in [3.63, 3.8) is 0 Å². The van der Waals surface area contributed by atoms with E-state index in [1.807, 2.05) is 5.38 Å². The molecule has 6 heteroatoms. The number of carbonyl (C=O) groups is 1. The number of carbonyl (C=O) groups excluding carboxylic acids is 1. The summed E-state index contributed by atoms with van der Waals surface area (Å²) in [6.07, 6.45) is 5.50. The van der Waals surface area contributed by atoms with Crippen LogP contribution in [0.2, 0.25) is 0 Å². The van der Waals surface area contributed by atoms with Gasteiger partial charge >= 0.3 is 6.03 Å². The van der Waals surface area contributed by atoms with Gasteiger partial charge in [-0.15, -0.1) is 11.3 Å². The van der Waals surface area contributed by atoms with Gasteiger partial charge in [0.2, 0.25) is 0 Å². The van der Waals surface area contributed by atoms with Crippen LogP contribution in [0.15, 0.2) is 11.6 Å². The SMILES string of the molecule is O=C(NCc1nccs1)NC1CC2CCC1O2. The quantitative estimate of drug-likeness (QED) is 0.852. The van der Waals surface area contributed by atoms with E-state index in [4.69, 9.17) is 4.74 Å². The number of fused-ring (bicyclic) bond motifs is 2. The van der Waals surface area contributed by atoms with E-state index in [0.717, 1.165) is 24.3 Å². The van der Waals surface area contributed by atoms with Crippen LogP contribution in [0.1, 0.15) is 24.3 Å². The summed E-state index contributed by atoms with van der Waals surface area (Å²) in [6, 6.07) is 0.0615. The first-order valence-corrected chi connectivity index (χ1v) is 6.77. The molecule has 0 spiro atoms. The van der Waals surface area contributed by atoms with Crippen molar-refractivity contribution in [3.05, 3.63) is 16.6 Å². The van der Waals surface area contributed by atoms with Crippen molar-refractivity contribution < 1.29 is 9.53 Å². The van der Waals surface area contributed by atoms with Gasteiger partial charge in [0.15, 0.2) is 0 Å². The molecule has 3 unspecified atom stereocenters. The second-order valence-electron chi connectivity index (χ2n) is 4.47. The molecule has 2 N–H and O–H groups in total. The van der Waals surface area contributed by atoms with Gasteiger partial charge in [0.25, 0.3) is 0 Å². The lowest BCUT2D eigenvalue weighted by atomic mass is 9.96. The Bertz CT molecular complexity index is 395. The Morgan fingerprint density at radius 2 is 2.53 bits per heavy atom. The molecule has 3 atom stereocenters. The number of ether oxygens (including phenoxy) is 1. The maximum Gasteiger partial charge on any atom is 0.315 e. The zero-order valence-corrected chi connectivity index (χ0v) is 10.2. The number of hydrogen-bond donors (Lipinski definition) is 2. The van der Waals surface area contributed by atoms with Crippen LogP contribution in [0.4, 0.5) is 4.79 Å². The maximum atomic E-state index is 11.7. The van der Waals surface area contributed by atoms with Crippen LogP contribution in [0, 0.1) is 0 Å². The summed E-state index contributed by atoms with van der Waals surface area (Å²) in [5.41, 5.74) is 0. The summed E-state index contributed by atoms with van der Waals surface area (Å²) in [7, 11) is 0. The van der Waals surface area contributed by atoms with E-state index in [1.54, 1.807) is 17.5 Å². The van der Waals surface area contributed by atoms with Gasteiger partial charge in [-0.3, -0.25) is 0 Å². The zero-order chi connectivity index (χ0) is 11.7. The van der Waals surface area contributed by atoms with Gasteiger partial charge in [0.05, 0.1) is 24.8 Å². The lowest BCUT2D eigenvalue weighted by Crippen LogP contribution is -2.46. The number of nitrogens with zero attached hydrogens (tertiary/aromatic N) is 1. The predicted molar refractivity (Wildman–Crippen MR) is 63.8 cm³/mol. The topological polar surface area (TPSA) is 63.2 Å². The number of rotatable bonds is 3. The molecule has 0 saturated carbocycles. The number of amides is 2.